The molecule has 21 heavy (non-hydrogen) atoms. The van der Waals surface area contributed by atoms with E-state index in [4.69, 9.17) is 0 Å². The third-order valence-corrected chi connectivity index (χ3v) is 6.94. The zero-order chi connectivity index (χ0) is 14.8. The Morgan fingerprint density at radius 3 is 2.76 bits per heavy atom. The van der Waals surface area contributed by atoms with Crippen LogP contribution in [0.15, 0.2) is 56.3 Å². The van der Waals surface area contributed by atoms with Gasteiger partial charge in [-0.3, -0.25) is 0 Å². The first-order valence-corrected chi connectivity index (χ1v) is 9.65. The molecule has 0 atom stereocenters. The number of para-hydroxylation sites is 1. The van der Waals surface area contributed by atoms with Gasteiger partial charge in [0, 0.05) is 14.7 Å². The summed E-state index contributed by atoms with van der Waals surface area (Å²) in [4.78, 5) is 4.66. The van der Waals surface area contributed by atoms with Crippen molar-refractivity contribution in [1.82, 2.24) is 4.98 Å². The lowest BCUT2D eigenvalue weighted by Crippen LogP contribution is -1.88. The number of thiazole rings is 1. The Hall–Kier alpha value is -0.620. The smallest absolute Gasteiger partial charge is 0.151 e. The van der Waals surface area contributed by atoms with Gasteiger partial charge in [-0.15, -0.1) is 11.3 Å². The van der Waals surface area contributed by atoms with Gasteiger partial charge < -0.3 is 0 Å². The maximum Gasteiger partial charge on any atom is 0.151 e. The number of thioether (sulfide) groups is 1. The van der Waals surface area contributed by atoms with E-state index in [1.54, 1.807) is 23.1 Å². The number of rotatable bonds is 4. The molecule has 0 spiro atoms. The molecule has 106 valence electrons. The Morgan fingerprint density at radius 2 is 2.00 bits per heavy atom. The fraction of sp³-hybridized carbons (Fsp3) is 0.0625. The maximum atomic E-state index is 4.66. The van der Waals surface area contributed by atoms with Crippen LogP contribution in [0.4, 0.5) is 0 Å². The Bertz CT molecular complexity index is 778. The van der Waals surface area contributed by atoms with Gasteiger partial charge in [0.05, 0.1) is 10.2 Å². The van der Waals surface area contributed by atoms with Gasteiger partial charge in [0.25, 0.3) is 0 Å². The lowest BCUT2D eigenvalue weighted by molar-refractivity contribution is 1.28. The van der Waals surface area contributed by atoms with Crippen molar-refractivity contribution in [2.24, 2.45) is 0 Å². The molecule has 0 aliphatic rings. The topological polar surface area (TPSA) is 12.9 Å². The summed E-state index contributed by atoms with van der Waals surface area (Å²) in [5, 5.41) is 0. The van der Waals surface area contributed by atoms with Crippen LogP contribution in [0.1, 0.15) is 11.1 Å². The number of nitrogens with zero attached hydrogens (tertiary/aromatic N) is 1. The fourth-order valence-corrected chi connectivity index (χ4v) is 5.82. The SMILES string of the molecule is C=Cc1ccc(Br)c(CSc2nc3ccccc3s2)c1Br. The molecule has 0 bridgehead atoms. The molecular formula is C16H11Br2NS2. The minimum atomic E-state index is 0.864. The van der Waals surface area contributed by atoms with Crippen LogP contribution in [0.25, 0.3) is 16.3 Å². The summed E-state index contributed by atoms with van der Waals surface area (Å²) in [6.07, 6.45) is 1.86. The van der Waals surface area contributed by atoms with Crippen molar-refractivity contribution in [3.05, 3.63) is 63.0 Å². The van der Waals surface area contributed by atoms with Crippen molar-refractivity contribution in [3.63, 3.8) is 0 Å². The third kappa shape index (κ3) is 3.26. The van der Waals surface area contributed by atoms with Crippen molar-refractivity contribution in [3.8, 4) is 0 Å². The minimum Gasteiger partial charge on any atom is -0.230 e. The van der Waals surface area contributed by atoms with E-state index in [1.165, 1.54) is 10.3 Å². The van der Waals surface area contributed by atoms with Crippen molar-refractivity contribution in [2.75, 3.05) is 0 Å². The molecule has 3 rings (SSSR count). The van der Waals surface area contributed by atoms with Crippen LogP contribution < -0.4 is 0 Å². The highest BCUT2D eigenvalue weighted by molar-refractivity contribution is 9.11. The van der Waals surface area contributed by atoms with Crippen molar-refractivity contribution < 1.29 is 0 Å². The average Bonchev–Trinajstić information content (AvgIpc) is 2.90. The molecule has 0 aliphatic carbocycles. The standard InChI is InChI=1S/C16H11Br2NS2/c1-2-10-7-8-12(17)11(15(10)18)9-20-16-19-13-5-3-4-6-14(13)21-16/h2-8H,1,9H2. The summed E-state index contributed by atoms with van der Waals surface area (Å²) in [5.74, 6) is 0.864. The number of hydrogen-bond acceptors (Lipinski definition) is 3. The molecule has 0 saturated heterocycles. The molecule has 1 aromatic heterocycles. The van der Waals surface area contributed by atoms with E-state index >= 15 is 0 Å². The highest BCUT2D eigenvalue weighted by Crippen LogP contribution is 2.37. The Balaban J connectivity index is 1.86. The second kappa shape index (κ2) is 6.65. The monoisotopic (exact) mass is 439 g/mol. The molecule has 0 radical (unpaired) electrons. The van der Waals surface area contributed by atoms with Crippen LogP contribution in [-0.2, 0) is 5.75 Å². The summed E-state index contributed by atoms with van der Waals surface area (Å²) in [6.45, 7) is 3.85. The molecule has 0 saturated carbocycles. The van der Waals surface area contributed by atoms with Crippen LogP contribution in [0.3, 0.4) is 0 Å². The van der Waals surface area contributed by atoms with E-state index in [9.17, 15) is 0 Å². The molecule has 0 amide bonds. The maximum absolute atomic E-state index is 4.66. The zero-order valence-corrected chi connectivity index (χ0v) is 15.8. The van der Waals surface area contributed by atoms with Crippen LogP contribution in [-0.4, -0.2) is 4.98 Å². The second-order valence-corrected chi connectivity index (χ2v) is 8.27. The number of hydrogen-bond donors (Lipinski definition) is 0. The first kappa shape index (κ1) is 15.3. The van der Waals surface area contributed by atoms with E-state index < -0.39 is 0 Å². The summed E-state index contributed by atoms with van der Waals surface area (Å²) >= 11 is 10.8. The van der Waals surface area contributed by atoms with Gasteiger partial charge in [-0.05, 0) is 45.3 Å². The van der Waals surface area contributed by atoms with E-state index in [0.29, 0.717) is 0 Å². The lowest BCUT2D eigenvalue weighted by Gasteiger charge is -2.09. The summed E-state index contributed by atoms with van der Waals surface area (Å²) < 4.78 is 4.53. The molecule has 3 aromatic rings. The normalized spacial score (nSPS) is 11.0. The summed E-state index contributed by atoms with van der Waals surface area (Å²) in [7, 11) is 0. The summed E-state index contributed by atoms with van der Waals surface area (Å²) in [5.41, 5.74) is 3.41. The predicted molar refractivity (Wildman–Crippen MR) is 101 cm³/mol. The first-order chi connectivity index (χ1) is 10.2. The highest BCUT2D eigenvalue weighted by atomic mass is 79.9. The summed E-state index contributed by atoms with van der Waals surface area (Å²) in [6, 6.07) is 12.4. The Kier molecular flexibility index (Phi) is 4.84. The second-order valence-electron chi connectivity index (χ2n) is 4.37. The van der Waals surface area contributed by atoms with Gasteiger partial charge in [0.1, 0.15) is 0 Å². The fourth-order valence-electron chi connectivity index (χ4n) is 1.95. The van der Waals surface area contributed by atoms with Gasteiger partial charge in [0.2, 0.25) is 0 Å². The van der Waals surface area contributed by atoms with Crippen LogP contribution >= 0.6 is 55.0 Å². The molecule has 5 heteroatoms. The average molecular weight is 441 g/mol. The Labute approximate surface area is 148 Å². The predicted octanol–water partition coefficient (Wildman–Crippen LogP) is 6.76. The molecule has 0 aliphatic heterocycles. The molecular weight excluding hydrogens is 430 g/mol. The lowest BCUT2D eigenvalue weighted by atomic mass is 10.1. The van der Waals surface area contributed by atoms with Crippen LogP contribution in [0.2, 0.25) is 0 Å². The van der Waals surface area contributed by atoms with E-state index in [-0.39, 0.29) is 0 Å². The van der Waals surface area contributed by atoms with Crippen LogP contribution in [0, 0.1) is 0 Å². The number of aromatic nitrogens is 1. The quantitative estimate of drug-likeness (QED) is 0.415. The largest absolute Gasteiger partial charge is 0.230 e. The number of halogens is 2. The van der Waals surface area contributed by atoms with Gasteiger partial charge in [0.15, 0.2) is 4.34 Å². The van der Waals surface area contributed by atoms with Gasteiger partial charge in [-0.25, -0.2) is 4.98 Å². The molecule has 2 aromatic carbocycles. The van der Waals surface area contributed by atoms with Crippen molar-refractivity contribution >= 4 is 71.3 Å². The van der Waals surface area contributed by atoms with Crippen molar-refractivity contribution in [1.29, 1.82) is 0 Å². The van der Waals surface area contributed by atoms with E-state index in [0.717, 1.165) is 30.1 Å². The Morgan fingerprint density at radius 1 is 1.19 bits per heavy atom. The molecule has 0 N–H and O–H groups in total. The van der Waals surface area contributed by atoms with Gasteiger partial charge in [-0.2, -0.15) is 0 Å². The first-order valence-electron chi connectivity index (χ1n) is 6.26. The zero-order valence-electron chi connectivity index (χ0n) is 11.0. The molecule has 0 fully saturated rings. The third-order valence-electron chi connectivity index (χ3n) is 3.05. The van der Waals surface area contributed by atoms with Gasteiger partial charge in [-0.1, -0.05) is 58.5 Å². The molecule has 1 heterocycles. The van der Waals surface area contributed by atoms with E-state index in [1.807, 2.05) is 18.2 Å². The molecule has 0 unspecified atom stereocenters. The minimum absolute atomic E-state index is 0.864. The number of fused-ring (bicyclic) bond motifs is 1. The number of benzene rings is 2. The highest BCUT2D eigenvalue weighted by Gasteiger charge is 2.11. The molecule has 1 nitrogen and oxygen atoms in total. The van der Waals surface area contributed by atoms with Crippen molar-refractivity contribution in [2.45, 2.75) is 10.1 Å². The van der Waals surface area contributed by atoms with E-state index in [2.05, 4.69) is 67.7 Å². The van der Waals surface area contributed by atoms with Crippen LogP contribution in [0.5, 0.6) is 0 Å². The van der Waals surface area contributed by atoms with Gasteiger partial charge >= 0.3 is 0 Å².